The van der Waals surface area contributed by atoms with Crippen molar-refractivity contribution in [3.63, 3.8) is 0 Å². The monoisotopic (exact) mass is 379 g/mol. The maximum absolute atomic E-state index is 12.8. The Labute approximate surface area is 155 Å². The first-order valence-corrected chi connectivity index (χ1v) is 10.7. The molecule has 26 heavy (non-hydrogen) atoms. The molecule has 2 aromatic carbocycles. The Morgan fingerprint density at radius 1 is 1.12 bits per heavy atom. The Hall–Kier alpha value is -1.67. The number of benzene rings is 2. The van der Waals surface area contributed by atoms with Gasteiger partial charge in [-0.1, -0.05) is 24.3 Å². The van der Waals surface area contributed by atoms with Gasteiger partial charge in [0.05, 0.1) is 31.3 Å². The van der Waals surface area contributed by atoms with Crippen LogP contribution in [-0.4, -0.2) is 54.4 Å². The summed E-state index contributed by atoms with van der Waals surface area (Å²) in [6, 6.07) is 10.8. The Morgan fingerprint density at radius 2 is 1.85 bits per heavy atom. The Kier molecular flexibility index (Phi) is 6.48. The lowest BCUT2D eigenvalue weighted by molar-refractivity contribution is -0.908. The minimum Gasteiger partial charge on any atom is -0.493 e. The summed E-state index contributed by atoms with van der Waals surface area (Å²) in [5.74, 6) is 0.706. The zero-order valence-corrected chi connectivity index (χ0v) is 16.0. The van der Waals surface area contributed by atoms with Crippen LogP contribution < -0.4 is 14.4 Å². The summed E-state index contributed by atoms with van der Waals surface area (Å²) >= 11 is 0. The van der Waals surface area contributed by atoms with E-state index in [1.54, 1.807) is 12.1 Å². The van der Waals surface area contributed by atoms with E-state index in [9.17, 15) is 8.42 Å². The molecule has 0 atom stereocenters. The number of ether oxygens (including phenoxy) is 2. The Morgan fingerprint density at radius 3 is 2.58 bits per heavy atom. The third-order valence-electron chi connectivity index (χ3n) is 4.63. The van der Waals surface area contributed by atoms with Crippen LogP contribution in [0.15, 0.2) is 41.3 Å². The highest BCUT2D eigenvalue weighted by Gasteiger charge is 2.19. The molecule has 1 aliphatic heterocycles. The van der Waals surface area contributed by atoms with E-state index in [4.69, 9.17) is 9.47 Å². The van der Waals surface area contributed by atoms with Gasteiger partial charge < -0.3 is 14.4 Å². The number of hydrogen-bond acceptors (Lipinski definition) is 4. The summed E-state index contributed by atoms with van der Waals surface area (Å²) in [4.78, 5) is 1.78. The number of quaternary nitrogens is 1. The van der Waals surface area contributed by atoms with Crippen LogP contribution in [-0.2, 0) is 14.8 Å². The van der Waals surface area contributed by atoms with Gasteiger partial charge in [-0.05, 0) is 19.1 Å². The molecule has 0 bridgehead atoms. The first-order chi connectivity index (χ1) is 12.6. The molecular weight excluding hydrogens is 352 g/mol. The van der Waals surface area contributed by atoms with Crippen molar-refractivity contribution < 1.29 is 22.8 Å². The number of nitrogens with one attached hydrogen (secondary N) is 2. The van der Waals surface area contributed by atoms with Gasteiger partial charge in [0, 0.05) is 23.7 Å². The van der Waals surface area contributed by atoms with Gasteiger partial charge in [-0.15, -0.1) is 0 Å². The number of sulfonamides is 1. The third-order valence-corrected chi connectivity index (χ3v) is 6.15. The van der Waals surface area contributed by atoms with Crippen molar-refractivity contribution in [3.05, 3.63) is 36.4 Å². The second-order valence-corrected chi connectivity index (χ2v) is 8.14. The van der Waals surface area contributed by atoms with Gasteiger partial charge in [-0.2, -0.15) is 0 Å². The summed E-state index contributed by atoms with van der Waals surface area (Å²) in [6.45, 7) is 7.42. The van der Waals surface area contributed by atoms with Crippen LogP contribution in [0, 0.1) is 0 Å². The first-order valence-electron chi connectivity index (χ1n) is 9.17. The molecule has 1 aliphatic rings. The van der Waals surface area contributed by atoms with Crippen molar-refractivity contribution in [3.8, 4) is 5.75 Å². The molecule has 0 aromatic heterocycles. The van der Waals surface area contributed by atoms with Gasteiger partial charge in [-0.25, -0.2) is 13.1 Å². The van der Waals surface area contributed by atoms with Gasteiger partial charge >= 0.3 is 0 Å². The quantitative estimate of drug-likeness (QED) is 0.667. The Bertz CT molecular complexity index is 833. The molecule has 2 N–H and O–H groups in total. The minimum atomic E-state index is -3.56. The second-order valence-electron chi connectivity index (χ2n) is 6.40. The standard InChI is InChI=1S/C19H26N2O4S/c1-2-25-18-8-9-19(17-7-4-3-6-16(17)18)26(22,23)20-10-5-11-21-12-14-24-15-13-21/h3-4,6-9,20H,2,5,10-15H2,1H3/p+1. The lowest BCUT2D eigenvalue weighted by Crippen LogP contribution is -3.14. The second kappa shape index (κ2) is 8.81. The smallest absolute Gasteiger partial charge is 0.241 e. The lowest BCUT2D eigenvalue weighted by Gasteiger charge is -2.23. The highest BCUT2D eigenvalue weighted by atomic mass is 32.2. The number of hydrogen-bond donors (Lipinski definition) is 2. The number of morpholine rings is 1. The molecule has 0 amide bonds. The predicted molar refractivity (Wildman–Crippen MR) is 101 cm³/mol. The van der Waals surface area contributed by atoms with E-state index in [2.05, 4.69) is 4.72 Å². The summed E-state index contributed by atoms with van der Waals surface area (Å²) in [5.41, 5.74) is 0. The molecule has 2 aromatic rings. The molecular formula is C19H27N2O4S+. The van der Waals surface area contributed by atoms with Crippen LogP contribution in [0.25, 0.3) is 10.8 Å². The average molecular weight is 380 g/mol. The number of fused-ring (bicyclic) bond motifs is 1. The van der Waals surface area contributed by atoms with Crippen LogP contribution in [0.3, 0.4) is 0 Å². The molecule has 3 rings (SSSR count). The van der Waals surface area contributed by atoms with E-state index in [1.165, 1.54) is 4.90 Å². The predicted octanol–water partition coefficient (Wildman–Crippen LogP) is 0.822. The fourth-order valence-electron chi connectivity index (χ4n) is 3.29. The van der Waals surface area contributed by atoms with Crippen molar-refractivity contribution in [2.75, 3.05) is 46.0 Å². The molecule has 142 valence electrons. The molecule has 0 aliphatic carbocycles. The van der Waals surface area contributed by atoms with E-state index in [0.29, 0.717) is 29.2 Å². The SMILES string of the molecule is CCOc1ccc(S(=O)(=O)NCCC[NH+]2CCOCC2)c2ccccc12. The highest BCUT2D eigenvalue weighted by molar-refractivity contribution is 7.89. The molecule has 1 heterocycles. The van der Waals surface area contributed by atoms with Crippen molar-refractivity contribution in [1.29, 1.82) is 0 Å². The minimum absolute atomic E-state index is 0.301. The topological polar surface area (TPSA) is 69.1 Å². The van der Waals surface area contributed by atoms with Gasteiger partial charge in [0.1, 0.15) is 18.8 Å². The van der Waals surface area contributed by atoms with Crippen molar-refractivity contribution in [2.45, 2.75) is 18.2 Å². The molecule has 1 fully saturated rings. The van der Waals surface area contributed by atoms with Crippen molar-refractivity contribution >= 4 is 20.8 Å². The summed E-state index contributed by atoms with van der Waals surface area (Å²) < 4.78 is 39.3. The molecule has 1 saturated heterocycles. The molecule has 6 nitrogen and oxygen atoms in total. The maximum Gasteiger partial charge on any atom is 0.241 e. The normalized spacial score (nSPS) is 16.0. The summed E-state index contributed by atoms with van der Waals surface area (Å²) in [7, 11) is -3.56. The summed E-state index contributed by atoms with van der Waals surface area (Å²) in [6.07, 6.45) is 0.809. The zero-order chi connectivity index (χ0) is 18.4. The average Bonchev–Trinajstić information content (AvgIpc) is 2.66. The molecule has 0 radical (unpaired) electrons. The maximum atomic E-state index is 12.8. The van der Waals surface area contributed by atoms with Gasteiger partial charge in [0.15, 0.2) is 0 Å². The van der Waals surface area contributed by atoms with E-state index in [-0.39, 0.29) is 0 Å². The fraction of sp³-hybridized carbons (Fsp3) is 0.474. The first kappa shape index (κ1) is 19.1. The molecule has 0 saturated carbocycles. The zero-order valence-electron chi connectivity index (χ0n) is 15.2. The van der Waals surface area contributed by atoms with Crippen LogP contribution in [0.2, 0.25) is 0 Å². The molecule has 0 unspecified atom stereocenters. The molecule has 0 spiro atoms. The lowest BCUT2D eigenvalue weighted by atomic mass is 10.1. The fourth-order valence-corrected chi connectivity index (χ4v) is 4.58. The van der Waals surface area contributed by atoms with Gasteiger partial charge in [-0.3, -0.25) is 0 Å². The van der Waals surface area contributed by atoms with Crippen LogP contribution in [0.4, 0.5) is 0 Å². The van der Waals surface area contributed by atoms with Crippen molar-refractivity contribution in [1.82, 2.24) is 4.72 Å². The largest absolute Gasteiger partial charge is 0.493 e. The summed E-state index contributed by atoms with van der Waals surface area (Å²) in [5, 5.41) is 1.50. The third kappa shape index (κ3) is 4.54. The van der Waals surface area contributed by atoms with Gasteiger partial charge in [0.25, 0.3) is 0 Å². The van der Waals surface area contributed by atoms with Gasteiger partial charge in [0.2, 0.25) is 10.0 Å². The highest BCUT2D eigenvalue weighted by Crippen LogP contribution is 2.30. The number of rotatable bonds is 8. The van der Waals surface area contributed by atoms with Crippen molar-refractivity contribution in [2.24, 2.45) is 0 Å². The van der Waals surface area contributed by atoms with E-state index in [1.807, 2.05) is 31.2 Å². The Balaban J connectivity index is 1.69. The van der Waals surface area contributed by atoms with E-state index in [0.717, 1.165) is 44.7 Å². The van der Waals surface area contributed by atoms with E-state index < -0.39 is 10.0 Å². The van der Waals surface area contributed by atoms with Crippen LogP contribution in [0.1, 0.15) is 13.3 Å². The van der Waals surface area contributed by atoms with E-state index >= 15 is 0 Å². The molecule has 7 heteroatoms. The van der Waals surface area contributed by atoms with Crippen LogP contribution in [0.5, 0.6) is 5.75 Å². The van der Waals surface area contributed by atoms with Crippen LogP contribution >= 0.6 is 0 Å².